The highest BCUT2D eigenvalue weighted by Crippen LogP contribution is 2.30. The van der Waals surface area contributed by atoms with Gasteiger partial charge in [0.1, 0.15) is 23.8 Å². The van der Waals surface area contributed by atoms with E-state index in [9.17, 15) is 14.7 Å². The van der Waals surface area contributed by atoms with Gasteiger partial charge in [-0.3, -0.25) is 14.9 Å². The highest BCUT2D eigenvalue weighted by molar-refractivity contribution is 6.32. The van der Waals surface area contributed by atoms with Crippen LogP contribution in [0.2, 0.25) is 5.02 Å². The van der Waals surface area contributed by atoms with Crippen LogP contribution < -0.4 is 20.2 Å². The van der Waals surface area contributed by atoms with E-state index < -0.39 is 11.8 Å². The first-order valence-electron chi connectivity index (χ1n) is 12.2. The Bertz CT molecular complexity index is 1230. The lowest BCUT2D eigenvalue weighted by molar-refractivity contribution is -0.133. The van der Waals surface area contributed by atoms with Gasteiger partial charge in [-0.1, -0.05) is 29.8 Å². The van der Waals surface area contributed by atoms with Crippen molar-refractivity contribution in [3.05, 3.63) is 58.6 Å². The normalized spacial score (nSPS) is 14.1. The van der Waals surface area contributed by atoms with Crippen LogP contribution in [0, 0.1) is 11.3 Å². The Morgan fingerprint density at radius 2 is 2.03 bits per heavy atom. The van der Waals surface area contributed by atoms with Gasteiger partial charge in [0.05, 0.1) is 22.9 Å². The molecule has 2 amide bonds. The van der Waals surface area contributed by atoms with Gasteiger partial charge in [-0.25, -0.2) is 5.43 Å². The van der Waals surface area contributed by atoms with Gasteiger partial charge in [-0.05, 0) is 38.1 Å². The minimum Gasteiger partial charge on any atom is -0.492 e. The molecule has 1 aliphatic heterocycles. The van der Waals surface area contributed by atoms with Crippen molar-refractivity contribution in [2.75, 3.05) is 26.8 Å². The molecule has 0 aromatic heterocycles. The molecule has 0 radical (unpaired) electrons. The molecule has 2 aromatic rings. The third kappa shape index (κ3) is 8.18. The molecule has 0 aliphatic carbocycles. The Hall–Kier alpha value is -3.65. The molecule has 0 bridgehead atoms. The number of nitrogens with zero attached hydrogens (tertiary/aromatic N) is 3. The summed E-state index contributed by atoms with van der Waals surface area (Å²) in [5.74, 6) is 0.356. The van der Waals surface area contributed by atoms with Crippen molar-refractivity contribution in [3.63, 3.8) is 0 Å². The quantitative estimate of drug-likeness (QED) is 0.351. The maximum Gasteiger partial charge on any atom is 0.260 e. The molecule has 0 saturated heterocycles. The van der Waals surface area contributed by atoms with Gasteiger partial charge in [0.25, 0.3) is 5.91 Å². The Labute approximate surface area is 227 Å². The summed E-state index contributed by atoms with van der Waals surface area (Å²) in [6.07, 6.45) is 0.138. The number of amides is 2. The van der Waals surface area contributed by atoms with Crippen LogP contribution in [0.3, 0.4) is 0 Å². The minimum atomic E-state index is -0.888. The molecule has 1 aliphatic rings. The number of benzene rings is 2. The van der Waals surface area contributed by atoms with Crippen LogP contribution in [-0.4, -0.2) is 66.1 Å². The fraction of sp³-hybridized carbons (Fsp3) is 0.407. The number of para-hydroxylation sites is 2. The van der Waals surface area contributed by atoms with E-state index in [4.69, 9.17) is 26.3 Å². The topological polar surface area (TPSA) is 136 Å². The number of likely N-dealkylation sites (N-methyl/N-ethyl adjacent to an activating group) is 1. The Balaban J connectivity index is 1.50. The van der Waals surface area contributed by atoms with E-state index in [2.05, 4.69) is 21.9 Å². The van der Waals surface area contributed by atoms with Gasteiger partial charge < -0.3 is 19.5 Å². The van der Waals surface area contributed by atoms with E-state index >= 15 is 0 Å². The summed E-state index contributed by atoms with van der Waals surface area (Å²) in [4.78, 5) is 25.8. The highest BCUT2D eigenvalue weighted by Gasteiger charge is 2.26. The zero-order valence-electron chi connectivity index (χ0n) is 21.7. The number of carbonyl (C=O) groups is 2. The number of nitrogens with one attached hydrogen (secondary N) is 2. The number of ether oxygens (including phenoxy) is 2. The number of aliphatic hydroxyl groups is 1. The largest absolute Gasteiger partial charge is 0.492 e. The predicted molar refractivity (Wildman–Crippen MR) is 143 cm³/mol. The number of rotatable bonds is 12. The van der Waals surface area contributed by atoms with E-state index in [1.54, 1.807) is 49.5 Å². The maximum absolute atomic E-state index is 12.8. The third-order valence-corrected chi connectivity index (χ3v) is 6.09. The van der Waals surface area contributed by atoms with Crippen LogP contribution in [0.4, 0.5) is 0 Å². The molecule has 3 rings (SSSR count). The fourth-order valence-electron chi connectivity index (χ4n) is 4.01. The molecule has 1 heterocycles. The smallest absolute Gasteiger partial charge is 0.260 e. The van der Waals surface area contributed by atoms with Crippen molar-refractivity contribution < 1.29 is 24.2 Å². The summed E-state index contributed by atoms with van der Waals surface area (Å²) in [5.41, 5.74) is 3.51. The van der Waals surface area contributed by atoms with Gasteiger partial charge in [-0.2, -0.15) is 10.4 Å². The van der Waals surface area contributed by atoms with E-state index in [0.29, 0.717) is 52.7 Å². The zero-order chi connectivity index (χ0) is 27.7. The summed E-state index contributed by atoms with van der Waals surface area (Å²) in [6.45, 7) is 3.99. The number of hydrazone groups is 1. The van der Waals surface area contributed by atoms with E-state index in [1.165, 1.54) is 4.90 Å². The monoisotopic (exact) mass is 541 g/mol. The van der Waals surface area contributed by atoms with E-state index in [0.717, 1.165) is 0 Å². The molecule has 2 aromatic carbocycles. The molecule has 10 nitrogen and oxygen atoms in total. The van der Waals surface area contributed by atoms with Gasteiger partial charge >= 0.3 is 0 Å². The average Bonchev–Trinajstić information content (AvgIpc) is 2.87. The third-order valence-electron chi connectivity index (χ3n) is 5.79. The summed E-state index contributed by atoms with van der Waals surface area (Å²) in [7, 11) is 1.65. The lowest BCUT2D eigenvalue weighted by atomic mass is 10.0. The first kappa shape index (κ1) is 28.9. The van der Waals surface area contributed by atoms with E-state index in [1.807, 2.05) is 13.8 Å². The van der Waals surface area contributed by atoms with Gasteiger partial charge in [0.2, 0.25) is 5.91 Å². The van der Waals surface area contributed by atoms with Crippen molar-refractivity contribution in [1.29, 1.82) is 5.26 Å². The maximum atomic E-state index is 12.8. The van der Waals surface area contributed by atoms with Crippen LogP contribution in [0.15, 0.2) is 47.6 Å². The Morgan fingerprint density at radius 3 is 2.74 bits per heavy atom. The number of halogens is 1. The van der Waals surface area contributed by atoms with Gasteiger partial charge in [-0.15, -0.1) is 0 Å². The molecule has 0 fully saturated rings. The lowest BCUT2D eigenvalue weighted by Gasteiger charge is -2.33. The Kier molecular flexibility index (Phi) is 10.1. The van der Waals surface area contributed by atoms with Crippen LogP contribution in [-0.2, 0) is 9.59 Å². The summed E-state index contributed by atoms with van der Waals surface area (Å²) in [5, 5.41) is 27.1. The second-order valence-corrected chi connectivity index (χ2v) is 9.94. The molecule has 3 N–H and O–H groups in total. The second-order valence-electron chi connectivity index (χ2n) is 9.54. The van der Waals surface area contributed by atoms with Crippen molar-refractivity contribution >= 4 is 29.1 Å². The number of aliphatic hydroxyl groups excluding tert-OH is 1. The average molecular weight is 542 g/mol. The molecule has 1 unspecified atom stereocenters. The van der Waals surface area contributed by atoms with Crippen molar-refractivity contribution in [2.24, 2.45) is 5.10 Å². The molecule has 1 atom stereocenters. The molecular weight excluding hydrogens is 510 g/mol. The number of hydrogen-bond acceptors (Lipinski definition) is 8. The summed E-state index contributed by atoms with van der Waals surface area (Å²) >= 11 is 6.35. The first-order chi connectivity index (χ1) is 18.1. The van der Waals surface area contributed by atoms with Crippen molar-refractivity contribution in [2.45, 2.75) is 44.9 Å². The van der Waals surface area contributed by atoms with Crippen LogP contribution >= 0.6 is 11.6 Å². The number of nitriles is 1. The highest BCUT2D eigenvalue weighted by atomic mass is 35.5. The van der Waals surface area contributed by atoms with Crippen molar-refractivity contribution in [3.8, 4) is 17.6 Å². The standard InChI is InChI=1S/C27H32ClN5O5/c1-27(2,30-23(34)13-14-37-22-10-5-4-7-18(22)15-29)17-33(3)25(36)16-38-26-19(8-6-9-20(26)28)21-11-12-24(35)32-31-21/h4-10,23,30,34H,11-14,16-17H2,1-3H3,(H,32,35). The predicted octanol–water partition coefficient (Wildman–Crippen LogP) is 2.82. The summed E-state index contributed by atoms with van der Waals surface area (Å²) in [6, 6.07) is 14.2. The van der Waals surface area contributed by atoms with Gasteiger partial charge in [0.15, 0.2) is 6.61 Å². The molecule has 11 heteroatoms. The summed E-state index contributed by atoms with van der Waals surface area (Å²) < 4.78 is 11.4. The number of carbonyl (C=O) groups excluding carboxylic acids is 2. The van der Waals surface area contributed by atoms with Gasteiger partial charge in [0, 0.05) is 44.0 Å². The van der Waals surface area contributed by atoms with Crippen LogP contribution in [0.25, 0.3) is 0 Å². The molecule has 0 saturated carbocycles. The first-order valence-corrected chi connectivity index (χ1v) is 12.6. The van der Waals surface area contributed by atoms with Crippen LogP contribution in [0.5, 0.6) is 11.5 Å². The lowest BCUT2D eigenvalue weighted by Crippen LogP contribution is -2.54. The van der Waals surface area contributed by atoms with E-state index in [-0.39, 0.29) is 31.4 Å². The number of hydrogen-bond donors (Lipinski definition) is 3. The molecule has 0 spiro atoms. The molecule has 38 heavy (non-hydrogen) atoms. The minimum absolute atomic E-state index is 0.159. The SMILES string of the molecule is CN(CC(C)(C)NC(O)CCOc1ccccc1C#N)C(=O)COc1c(Cl)cccc1C1=NNC(=O)CC1. The Morgan fingerprint density at radius 1 is 1.26 bits per heavy atom. The zero-order valence-corrected chi connectivity index (χ0v) is 22.4. The second kappa shape index (κ2) is 13.2. The van der Waals surface area contributed by atoms with Crippen LogP contribution in [0.1, 0.15) is 44.2 Å². The van der Waals surface area contributed by atoms with Crippen molar-refractivity contribution in [1.82, 2.24) is 15.6 Å². The molecule has 202 valence electrons. The molecular formula is C27H32ClN5O5. The fourth-order valence-corrected chi connectivity index (χ4v) is 4.24.